The number of rotatable bonds is 6. The lowest BCUT2D eigenvalue weighted by atomic mass is 9.80. The number of methoxy groups -OCH3 is 1. The maximum Gasteiger partial charge on any atom is 0.255 e. The highest BCUT2D eigenvalue weighted by Gasteiger charge is 2.56. The molecule has 0 saturated carbocycles. The average Bonchev–Trinajstić information content (AvgIpc) is 3.39. The van der Waals surface area contributed by atoms with Gasteiger partial charge in [-0.2, -0.15) is 5.26 Å². The van der Waals surface area contributed by atoms with Crippen molar-refractivity contribution in [3.05, 3.63) is 53.9 Å². The zero-order valence-corrected chi connectivity index (χ0v) is 20.3. The number of aromatic nitrogens is 1. The number of nitrogens with zero attached hydrogens (tertiary/aromatic N) is 4. The van der Waals surface area contributed by atoms with Gasteiger partial charge in [0.15, 0.2) is 0 Å². The van der Waals surface area contributed by atoms with E-state index >= 15 is 0 Å². The molecule has 0 bridgehead atoms. The molecule has 0 aliphatic carbocycles. The fraction of sp³-hybridized carbons (Fsp3) is 0.423. The van der Waals surface area contributed by atoms with Gasteiger partial charge in [0.2, 0.25) is 11.8 Å². The molecule has 2 aliphatic rings. The highest BCUT2D eigenvalue weighted by atomic mass is 16.5. The number of para-hydroxylation sites is 1. The van der Waals surface area contributed by atoms with Gasteiger partial charge in [0.05, 0.1) is 30.4 Å². The summed E-state index contributed by atoms with van der Waals surface area (Å²) in [6.07, 6.45) is 3.55. The van der Waals surface area contributed by atoms with E-state index in [0.29, 0.717) is 23.4 Å². The molecule has 182 valence electrons. The number of carbonyl (C=O) groups excluding carboxylic acids is 3. The van der Waals surface area contributed by atoms with Gasteiger partial charge >= 0.3 is 0 Å². The van der Waals surface area contributed by atoms with Crippen molar-refractivity contribution < 1.29 is 19.1 Å². The lowest BCUT2D eigenvalue weighted by Crippen LogP contribution is -2.52. The minimum atomic E-state index is -0.978. The topological polar surface area (TPSA) is 116 Å². The highest BCUT2D eigenvalue weighted by molar-refractivity contribution is 6.07. The molecule has 3 amide bonds. The number of anilines is 1. The molecule has 2 aliphatic heterocycles. The van der Waals surface area contributed by atoms with Gasteiger partial charge in [-0.15, -0.1) is 0 Å². The number of nitrogens with one attached hydrogen (secondary N) is 1. The first-order valence-corrected chi connectivity index (χ1v) is 11.6. The summed E-state index contributed by atoms with van der Waals surface area (Å²) in [5.41, 5.74) is 0.828. The zero-order valence-electron chi connectivity index (χ0n) is 20.3. The molecule has 4 rings (SSSR count). The predicted octanol–water partition coefficient (Wildman–Crippen LogP) is 2.59. The fourth-order valence-corrected chi connectivity index (χ4v) is 5.04. The largest absolute Gasteiger partial charge is 0.495 e. The smallest absolute Gasteiger partial charge is 0.255 e. The van der Waals surface area contributed by atoms with Crippen LogP contribution in [0.2, 0.25) is 0 Å². The third-order valence-corrected chi connectivity index (χ3v) is 6.88. The summed E-state index contributed by atoms with van der Waals surface area (Å²) in [6, 6.07) is 9.58. The minimum Gasteiger partial charge on any atom is -0.495 e. The monoisotopic (exact) mass is 475 g/mol. The summed E-state index contributed by atoms with van der Waals surface area (Å²) < 4.78 is 5.18. The molecule has 9 heteroatoms. The second-order valence-electron chi connectivity index (χ2n) is 9.57. The number of likely N-dealkylation sites (tertiary alicyclic amines) is 1. The Labute approximate surface area is 204 Å². The van der Waals surface area contributed by atoms with Crippen molar-refractivity contribution in [1.29, 1.82) is 5.26 Å². The van der Waals surface area contributed by atoms with Crippen LogP contribution in [0.5, 0.6) is 5.75 Å². The van der Waals surface area contributed by atoms with Crippen molar-refractivity contribution >= 4 is 23.4 Å². The van der Waals surface area contributed by atoms with E-state index in [-0.39, 0.29) is 36.6 Å². The van der Waals surface area contributed by atoms with Gasteiger partial charge in [-0.1, -0.05) is 32.0 Å². The molecule has 1 fully saturated rings. The summed E-state index contributed by atoms with van der Waals surface area (Å²) in [6.45, 7) is 4.03. The van der Waals surface area contributed by atoms with Crippen LogP contribution in [0.4, 0.5) is 5.69 Å². The molecule has 0 radical (unpaired) electrons. The van der Waals surface area contributed by atoms with E-state index in [4.69, 9.17) is 4.74 Å². The molecule has 1 aromatic carbocycles. The number of hydrogen-bond donors (Lipinski definition) is 1. The standard InChI is InChI=1S/C26H29N5O4/c1-16(2)9-22(30(3)23(32)17-10-19(35-4)14-28-13-17)24(33)31-15-26(11-18(31)12-27)20-7-5-6-8-21(20)29-25(26)34/h5-8,10,13-14,16,18,22H,9,11,15H2,1-4H3,(H,29,34)/t18-,22-,26-/m0/s1. The van der Waals surface area contributed by atoms with Crippen molar-refractivity contribution in [2.24, 2.45) is 5.92 Å². The summed E-state index contributed by atoms with van der Waals surface area (Å²) in [4.78, 5) is 47.2. The second-order valence-corrected chi connectivity index (χ2v) is 9.57. The number of fused-ring (bicyclic) bond motifs is 2. The molecule has 2 aromatic rings. The number of nitriles is 1. The van der Waals surface area contributed by atoms with Gasteiger partial charge in [-0.05, 0) is 30.0 Å². The summed E-state index contributed by atoms with van der Waals surface area (Å²) in [5.74, 6) is -0.377. The van der Waals surface area contributed by atoms with Crippen molar-refractivity contribution in [1.82, 2.24) is 14.8 Å². The minimum absolute atomic E-state index is 0.0875. The van der Waals surface area contributed by atoms with Crippen LogP contribution < -0.4 is 10.1 Å². The van der Waals surface area contributed by atoms with Crippen molar-refractivity contribution in [3.8, 4) is 11.8 Å². The van der Waals surface area contributed by atoms with E-state index in [2.05, 4.69) is 16.4 Å². The maximum absolute atomic E-state index is 13.9. The van der Waals surface area contributed by atoms with Crippen molar-refractivity contribution in [2.75, 3.05) is 26.0 Å². The first-order chi connectivity index (χ1) is 16.7. The van der Waals surface area contributed by atoms with Gasteiger partial charge < -0.3 is 19.9 Å². The zero-order chi connectivity index (χ0) is 25.3. The number of benzene rings is 1. The number of hydrogen-bond acceptors (Lipinski definition) is 6. The van der Waals surface area contributed by atoms with Gasteiger partial charge in [0.1, 0.15) is 17.8 Å². The Morgan fingerprint density at radius 1 is 1.34 bits per heavy atom. The van der Waals surface area contributed by atoms with Crippen molar-refractivity contribution in [2.45, 2.75) is 44.2 Å². The Morgan fingerprint density at radius 2 is 2.09 bits per heavy atom. The Kier molecular flexibility index (Phi) is 6.48. The first-order valence-electron chi connectivity index (χ1n) is 11.6. The summed E-state index contributed by atoms with van der Waals surface area (Å²) >= 11 is 0. The number of likely N-dealkylation sites (N-methyl/N-ethyl adjacent to an activating group) is 1. The highest BCUT2D eigenvalue weighted by Crippen LogP contribution is 2.46. The van der Waals surface area contributed by atoms with Gasteiger partial charge in [-0.25, -0.2) is 0 Å². The first kappa shape index (κ1) is 24.2. The van der Waals surface area contributed by atoms with E-state index in [1.54, 1.807) is 13.1 Å². The summed E-state index contributed by atoms with van der Waals surface area (Å²) in [5, 5.41) is 12.8. The Hall–Kier alpha value is -3.93. The van der Waals surface area contributed by atoms with Crippen LogP contribution in [-0.4, -0.2) is 65.3 Å². The maximum atomic E-state index is 13.9. The SMILES string of the molecule is COc1cncc(C(=O)N(C)[C@@H](CC(C)C)C(=O)N2C[C@]3(C[C@H]2C#N)C(=O)Nc2ccccc23)c1. The van der Waals surface area contributed by atoms with Gasteiger partial charge in [0, 0.05) is 31.9 Å². The Bertz CT molecular complexity index is 1210. The fourth-order valence-electron chi connectivity index (χ4n) is 5.04. The molecular formula is C26H29N5O4. The predicted molar refractivity (Wildman–Crippen MR) is 129 cm³/mol. The van der Waals surface area contributed by atoms with Crippen LogP contribution in [-0.2, 0) is 15.0 Å². The lowest BCUT2D eigenvalue weighted by Gasteiger charge is -2.33. The third-order valence-electron chi connectivity index (χ3n) is 6.88. The molecule has 1 N–H and O–H groups in total. The third kappa shape index (κ3) is 4.20. The molecular weight excluding hydrogens is 446 g/mol. The van der Waals surface area contributed by atoms with E-state index < -0.39 is 17.5 Å². The Morgan fingerprint density at radius 3 is 2.77 bits per heavy atom. The van der Waals surface area contributed by atoms with E-state index in [0.717, 1.165) is 5.56 Å². The van der Waals surface area contributed by atoms with E-state index in [1.165, 1.54) is 29.3 Å². The normalized spacial score (nSPS) is 21.4. The molecule has 3 heterocycles. The van der Waals surface area contributed by atoms with Crippen molar-refractivity contribution in [3.63, 3.8) is 0 Å². The number of ether oxygens (including phenoxy) is 1. The molecule has 3 atom stereocenters. The van der Waals surface area contributed by atoms with Crippen LogP contribution >= 0.6 is 0 Å². The van der Waals surface area contributed by atoms with Gasteiger partial charge in [0.25, 0.3) is 5.91 Å². The van der Waals surface area contributed by atoms with E-state index in [9.17, 15) is 19.6 Å². The Balaban J connectivity index is 1.65. The van der Waals surface area contributed by atoms with Crippen LogP contribution in [0.1, 0.15) is 42.6 Å². The molecule has 1 aromatic heterocycles. The van der Waals surface area contributed by atoms with Crippen LogP contribution in [0.25, 0.3) is 0 Å². The number of pyridine rings is 1. The molecule has 35 heavy (non-hydrogen) atoms. The van der Waals surface area contributed by atoms with E-state index in [1.807, 2.05) is 38.1 Å². The summed E-state index contributed by atoms with van der Waals surface area (Å²) in [7, 11) is 3.07. The molecule has 1 spiro atoms. The van der Waals surface area contributed by atoms with Crippen LogP contribution in [0.15, 0.2) is 42.7 Å². The average molecular weight is 476 g/mol. The number of amides is 3. The quantitative estimate of drug-likeness (QED) is 0.687. The second kappa shape index (κ2) is 9.37. The molecule has 9 nitrogen and oxygen atoms in total. The molecule has 1 saturated heterocycles. The molecule has 0 unspecified atom stereocenters. The van der Waals surface area contributed by atoms with Crippen LogP contribution in [0, 0.1) is 17.2 Å². The number of carbonyl (C=O) groups is 3. The lowest BCUT2D eigenvalue weighted by molar-refractivity contribution is -0.136. The van der Waals surface area contributed by atoms with Crippen LogP contribution in [0.3, 0.4) is 0 Å². The van der Waals surface area contributed by atoms with Gasteiger partial charge in [-0.3, -0.25) is 19.4 Å².